The number of anilines is 3. The van der Waals surface area contributed by atoms with Crippen LogP contribution >= 0.6 is 0 Å². The smallest absolute Gasteiger partial charge is 0.258 e. The number of nitrogens with zero attached hydrogens (tertiary/aromatic N) is 2. The molecule has 1 spiro atoms. The highest BCUT2D eigenvalue weighted by molar-refractivity contribution is 7.92. The lowest BCUT2D eigenvalue weighted by Crippen LogP contribution is -2.40. The molecular weight excluding hydrogens is 502 g/mol. The second-order valence-electron chi connectivity index (χ2n) is 10.8. The lowest BCUT2D eigenvalue weighted by molar-refractivity contribution is 0.102. The van der Waals surface area contributed by atoms with Crippen LogP contribution in [0.5, 0.6) is 0 Å². The van der Waals surface area contributed by atoms with Crippen molar-refractivity contribution in [3.63, 3.8) is 0 Å². The molecule has 0 radical (unpaired) electrons. The van der Waals surface area contributed by atoms with E-state index in [4.69, 9.17) is 0 Å². The van der Waals surface area contributed by atoms with E-state index in [1.54, 1.807) is 32.9 Å². The molecule has 36 heavy (non-hydrogen) atoms. The molecule has 10 nitrogen and oxygen atoms in total. The predicted octanol–water partition coefficient (Wildman–Crippen LogP) is 3.16. The molecule has 0 atom stereocenters. The number of hydrogen-bond acceptors (Lipinski definition) is 7. The number of carbonyl (C=O) groups is 1. The Morgan fingerprint density at radius 3 is 2.25 bits per heavy atom. The van der Waals surface area contributed by atoms with Gasteiger partial charge in [-0.3, -0.25) is 9.52 Å². The highest BCUT2D eigenvalue weighted by atomic mass is 32.2. The summed E-state index contributed by atoms with van der Waals surface area (Å²) in [5.74, 6) is -0.370. The fourth-order valence-corrected chi connectivity index (χ4v) is 6.38. The van der Waals surface area contributed by atoms with Gasteiger partial charge in [0.15, 0.2) is 5.03 Å². The Kier molecular flexibility index (Phi) is 6.82. The zero-order valence-corrected chi connectivity index (χ0v) is 22.6. The van der Waals surface area contributed by atoms with Crippen LogP contribution in [-0.4, -0.2) is 52.6 Å². The van der Waals surface area contributed by atoms with Crippen LogP contribution in [0.3, 0.4) is 0 Å². The molecule has 2 aromatic rings. The second kappa shape index (κ2) is 9.31. The van der Waals surface area contributed by atoms with E-state index in [-0.39, 0.29) is 10.8 Å². The molecule has 1 aliphatic carbocycles. The van der Waals surface area contributed by atoms with Gasteiger partial charge in [0.25, 0.3) is 15.9 Å². The van der Waals surface area contributed by atoms with E-state index in [2.05, 4.69) is 24.6 Å². The quantitative estimate of drug-likeness (QED) is 0.495. The van der Waals surface area contributed by atoms with Crippen molar-refractivity contribution in [2.45, 2.75) is 57.0 Å². The Labute approximate surface area is 213 Å². The van der Waals surface area contributed by atoms with Crippen LogP contribution in [0, 0.1) is 5.41 Å². The van der Waals surface area contributed by atoms with E-state index >= 15 is 0 Å². The summed E-state index contributed by atoms with van der Waals surface area (Å²) >= 11 is 0. The first-order valence-electron chi connectivity index (χ1n) is 11.8. The topological polar surface area (TPSA) is 138 Å². The minimum atomic E-state index is -3.88. The van der Waals surface area contributed by atoms with E-state index in [1.807, 2.05) is 0 Å². The molecule has 196 valence electrons. The molecule has 1 saturated heterocycles. The van der Waals surface area contributed by atoms with Gasteiger partial charge < -0.3 is 10.2 Å². The molecule has 0 unspecified atom stereocenters. The van der Waals surface area contributed by atoms with E-state index < -0.39 is 31.5 Å². The van der Waals surface area contributed by atoms with Crippen molar-refractivity contribution in [1.29, 1.82) is 0 Å². The van der Waals surface area contributed by atoms with E-state index in [9.17, 15) is 21.6 Å². The normalized spacial score (nSPS) is 17.6. The van der Waals surface area contributed by atoms with Crippen LogP contribution in [0.15, 0.2) is 41.4 Å². The summed E-state index contributed by atoms with van der Waals surface area (Å²) in [5.41, 5.74) is 1.08. The fourth-order valence-electron chi connectivity index (χ4n) is 4.43. The standard InChI is InChI=1S/C24H33N5O5S2/c1-23(2,3)28-36(33,34)21-7-5-6-20(25-21)26-22(30)18-9-8-17(27-35(4,31)32)16-19(18)29-14-12-24(10-11-24)13-15-29/h5-9,16,27-28H,10-15H2,1-4H3,(H,25,26,30). The molecule has 2 heterocycles. The second-order valence-corrected chi connectivity index (χ2v) is 14.1. The summed E-state index contributed by atoms with van der Waals surface area (Å²) in [4.78, 5) is 19.6. The number of sulfonamides is 2. The lowest BCUT2D eigenvalue weighted by atomic mass is 9.93. The molecule has 3 N–H and O–H groups in total. The number of pyridine rings is 1. The first-order chi connectivity index (χ1) is 16.6. The SMILES string of the molecule is CC(C)(C)NS(=O)(=O)c1cccc(NC(=O)c2ccc(NS(C)(=O)=O)cc2N2CCC3(CC2)CC3)n1. The van der Waals surface area contributed by atoms with Gasteiger partial charge in [0.1, 0.15) is 5.82 Å². The van der Waals surface area contributed by atoms with Gasteiger partial charge in [-0.15, -0.1) is 0 Å². The van der Waals surface area contributed by atoms with E-state index in [0.717, 1.165) is 32.2 Å². The highest BCUT2D eigenvalue weighted by Crippen LogP contribution is 2.54. The van der Waals surface area contributed by atoms with Crippen LogP contribution in [-0.2, 0) is 20.0 Å². The van der Waals surface area contributed by atoms with Crippen LogP contribution in [0.4, 0.5) is 17.2 Å². The molecule has 1 amide bonds. The molecule has 1 saturated carbocycles. The summed E-state index contributed by atoms with van der Waals surface area (Å²) in [7, 11) is -7.37. The molecule has 1 aromatic heterocycles. The third-order valence-corrected chi connectivity index (χ3v) is 8.61. The number of hydrogen-bond donors (Lipinski definition) is 3. The van der Waals surface area contributed by atoms with Crippen molar-refractivity contribution in [2.75, 3.05) is 34.3 Å². The van der Waals surface area contributed by atoms with Crippen LogP contribution < -0.4 is 19.7 Å². The number of carbonyl (C=O) groups excluding carboxylic acids is 1. The maximum atomic E-state index is 13.3. The number of aromatic nitrogens is 1. The maximum Gasteiger partial charge on any atom is 0.258 e. The molecule has 2 aliphatic rings. The third-order valence-electron chi connectivity index (χ3n) is 6.35. The minimum Gasteiger partial charge on any atom is -0.371 e. The van der Waals surface area contributed by atoms with Crippen molar-refractivity contribution >= 4 is 43.1 Å². The van der Waals surface area contributed by atoms with Gasteiger partial charge in [0.2, 0.25) is 10.0 Å². The van der Waals surface area contributed by atoms with Gasteiger partial charge in [0, 0.05) is 18.6 Å². The minimum absolute atomic E-state index is 0.0941. The fraction of sp³-hybridized carbons (Fsp3) is 0.500. The molecule has 1 aromatic carbocycles. The van der Waals surface area contributed by atoms with Crippen LogP contribution in [0.1, 0.15) is 56.8 Å². The Hall–Kier alpha value is -2.70. The van der Waals surface area contributed by atoms with E-state index in [0.29, 0.717) is 22.4 Å². The molecule has 12 heteroatoms. The average Bonchev–Trinajstić information content (AvgIpc) is 3.50. The number of amides is 1. The van der Waals surface area contributed by atoms with Gasteiger partial charge >= 0.3 is 0 Å². The highest BCUT2D eigenvalue weighted by Gasteiger charge is 2.44. The lowest BCUT2D eigenvalue weighted by Gasteiger charge is -2.35. The first kappa shape index (κ1) is 26.4. The van der Waals surface area contributed by atoms with Crippen molar-refractivity contribution in [3.05, 3.63) is 42.0 Å². The number of piperidine rings is 1. The third kappa shape index (κ3) is 6.54. The molecular formula is C24H33N5O5S2. The van der Waals surface area contributed by atoms with Gasteiger partial charge in [0.05, 0.1) is 23.2 Å². The van der Waals surface area contributed by atoms with Crippen LogP contribution in [0.2, 0.25) is 0 Å². The van der Waals surface area contributed by atoms with Crippen molar-refractivity contribution in [3.8, 4) is 0 Å². The van der Waals surface area contributed by atoms with Crippen molar-refractivity contribution in [2.24, 2.45) is 5.41 Å². The molecule has 2 fully saturated rings. The number of nitrogens with one attached hydrogen (secondary N) is 3. The Balaban J connectivity index is 1.61. The summed E-state index contributed by atoms with van der Waals surface area (Å²) in [6, 6.07) is 9.17. The van der Waals surface area contributed by atoms with Gasteiger partial charge in [-0.25, -0.2) is 26.5 Å². The van der Waals surface area contributed by atoms with Crippen LogP contribution in [0.25, 0.3) is 0 Å². The Bertz CT molecular complexity index is 1370. The first-order valence-corrected chi connectivity index (χ1v) is 15.2. The van der Waals surface area contributed by atoms with Gasteiger partial charge in [-0.05, 0) is 82.2 Å². The van der Waals surface area contributed by atoms with Crippen molar-refractivity contribution in [1.82, 2.24) is 9.71 Å². The number of rotatable bonds is 7. The Morgan fingerprint density at radius 2 is 1.67 bits per heavy atom. The largest absolute Gasteiger partial charge is 0.371 e. The maximum absolute atomic E-state index is 13.3. The number of benzene rings is 1. The van der Waals surface area contributed by atoms with E-state index in [1.165, 1.54) is 37.1 Å². The summed E-state index contributed by atoms with van der Waals surface area (Å²) in [6.07, 6.45) is 5.60. The summed E-state index contributed by atoms with van der Waals surface area (Å²) in [5, 5.41) is 2.50. The monoisotopic (exact) mass is 535 g/mol. The molecule has 0 bridgehead atoms. The molecule has 4 rings (SSSR count). The van der Waals surface area contributed by atoms with Gasteiger partial charge in [-0.1, -0.05) is 6.07 Å². The molecule has 1 aliphatic heterocycles. The summed E-state index contributed by atoms with van der Waals surface area (Å²) in [6.45, 7) is 6.73. The van der Waals surface area contributed by atoms with Crippen molar-refractivity contribution < 1.29 is 21.6 Å². The zero-order valence-electron chi connectivity index (χ0n) is 21.0. The average molecular weight is 536 g/mol. The predicted molar refractivity (Wildman–Crippen MR) is 140 cm³/mol. The summed E-state index contributed by atoms with van der Waals surface area (Å²) < 4.78 is 53.9. The van der Waals surface area contributed by atoms with Gasteiger partial charge in [-0.2, -0.15) is 0 Å². The zero-order chi connectivity index (χ0) is 26.4. The Morgan fingerprint density at radius 1 is 1.00 bits per heavy atom.